The predicted octanol–water partition coefficient (Wildman–Crippen LogP) is 2.88. The third kappa shape index (κ3) is 3.26. The Kier molecular flexibility index (Phi) is 5.08. The van der Waals surface area contributed by atoms with Gasteiger partial charge in [0.2, 0.25) is 0 Å². The highest BCUT2D eigenvalue weighted by molar-refractivity contribution is 7.98. The molecule has 1 aromatic carbocycles. The molecule has 6 heteroatoms. The van der Waals surface area contributed by atoms with Gasteiger partial charge >= 0.3 is 5.69 Å². The second kappa shape index (κ2) is 7.27. The van der Waals surface area contributed by atoms with E-state index in [0.717, 1.165) is 33.6 Å². The topological polar surface area (TPSA) is 56.9 Å². The second-order valence-electron chi connectivity index (χ2n) is 6.04. The van der Waals surface area contributed by atoms with Crippen molar-refractivity contribution in [2.24, 2.45) is 14.1 Å². The van der Waals surface area contributed by atoms with E-state index < -0.39 is 0 Å². The van der Waals surface area contributed by atoms with Crippen LogP contribution in [0.1, 0.15) is 24.5 Å². The summed E-state index contributed by atoms with van der Waals surface area (Å²) in [6, 6.07) is 10.2. The Labute approximate surface area is 150 Å². The van der Waals surface area contributed by atoms with E-state index >= 15 is 0 Å². The highest BCUT2D eigenvalue weighted by Gasteiger charge is 2.17. The van der Waals surface area contributed by atoms with Crippen molar-refractivity contribution in [1.82, 2.24) is 14.1 Å². The van der Waals surface area contributed by atoms with Crippen LogP contribution < -0.4 is 11.2 Å². The van der Waals surface area contributed by atoms with E-state index in [1.807, 2.05) is 18.2 Å². The van der Waals surface area contributed by atoms with Crippen LogP contribution in [-0.2, 0) is 26.3 Å². The van der Waals surface area contributed by atoms with Crippen molar-refractivity contribution in [3.8, 4) is 0 Å². The zero-order chi connectivity index (χ0) is 18.0. The molecule has 25 heavy (non-hydrogen) atoms. The molecule has 0 aliphatic rings. The first-order valence-corrected chi connectivity index (χ1v) is 9.27. The van der Waals surface area contributed by atoms with Gasteiger partial charge in [-0.3, -0.25) is 13.9 Å². The van der Waals surface area contributed by atoms with Gasteiger partial charge in [-0.1, -0.05) is 43.7 Å². The minimum absolute atomic E-state index is 0.279. The lowest BCUT2D eigenvalue weighted by Crippen LogP contribution is -2.37. The molecule has 0 saturated carbocycles. The first-order valence-electron chi connectivity index (χ1n) is 8.29. The lowest BCUT2D eigenvalue weighted by molar-refractivity contribution is 0.704. The summed E-state index contributed by atoms with van der Waals surface area (Å²) in [6.45, 7) is 2.11. The van der Waals surface area contributed by atoms with E-state index in [1.54, 1.807) is 25.0 Å². The molecule has 0 aliphatic heterocycles. The highest BCUT2D eigenvalue weighted by Crippen LogP contribution is 2.31. The van der Waals surface area contributed by atoms with Crippen molar-refractivity contribution in [3.63, 3.8) is 0 Å². The first kappa shape index (κ1) is 17.5. The van der Waals surface area contributed by atoms with Crippen molar-refractivity contribution in [2.45, 2.75) is 30.4 Å². The van der Waals surface area contributed by atoms with Gasteiger partial charge in [-0.25, -0.2) is 9.78 Å². The lowest BCUT2D eigenvalue weighted by atomic mass is 10.1. The number of benzene rings is 1. The van der Waals surface area contributed by atoms with Crippen molar-refractivity contribution < 1.29 is 0 Å². The fraction of sp³-hybridized carbons (Fsp3) is 0.316. The van der Waals surface area contributed by atoms with Gasteiger partial charge in [-0.05, 0) is 17.5 Å². The molecule has 0 atom stereocenters. The molecular weight excluding hydrogens is 334 g/mol. The van der Waals surface area contributed by atoms with Crippen LogP contribution in [0.25, 0.3) is 11.0 Å². The van der Waals surface area contributed by atoms with Crippen LogP contribution in [0.3, 0.4) is 0 Å². The Hall–Kier alpha value is -2.34. The van der Waals surface area contributed by atoms with Crippen molar-refractivity contribution >= 4 is 22.8 Å². The van der Waals surface area contributed by atoms with Crippen LogP contribution >= 0.6 is 11.8 Å². The molecule has 0 unspecified atom stereocenters. The number of aromatic nitrogens is 3. The number of rotatable bonds is 5. The smallest absolute Gasteiger partial charge is 0.280 e. The Balaban J connectivity index is 2.20. The summed E-state index contributed by atoms with van der Waals surface area (Å²) in [5, 5.41) is 0.538. The lowest BCUT2D eigenvalue weighted by Gasteiger charge is -2.14. The SMILES string of the molecule is CCCc1cnc2c(c1SCc1ccccc1)c(=O)n(C)c(=O)n2C. The van der Waals surface area contributed by atoms with Crippen molar-refractivity contribution in [2.75, 3.05) is 0 Å². The number of aryl methyl sites for hydroxylation is 2. The monoisotopic (exact) mass is 355 g/mol. The third-order valence-corrected chi connectivity index (χ3v) is 5.47. The number of thioether (sulfide) groups is 1. The standard InChI is InChI=1S/C19H21N3O2S/c1-4-8-14-11-20-17-15(18(23)22(3)19(24)21(17)2)16(14)25-12-13-9-6-5-7-10-13/h5-7,9-11H,4,8,12H2,1-3H3. The van der Waals surface area contributed by atoms with E-state index in [4.69, 9.17) is 0 Å². The summed E-state index contributed by atoms with van der Waals surface area (Å²) >= 11 is 1.64. The summed E-state index contributed by atoms with van der Waals surface area (Å²) in [7, 11) is 3.17. The zero-order valence-electron chi connectivity index (χ0n) is 14.7. The first-order chi connectivity index (χ1) is 12.0. The molecular formula is C19H21N3O2S. The fourth-order valence-corrected chi connectivity index (χ4v) is 4.05. The summed E-state index contributed by atoms with van der Waals surface area (Å²) < 4.78 is 2.60. The summed E-state index contributed by atoms with van der Waals surface area (Å²) in [4.78, 5) is 30.3. The van der Waals surface area contributed by atoms with Gasteiger partial charge < -0.3 is 0 Å². The van der Waals surface area contributed by atoms with Crippen LogP contribution in [0.2, 0.25) is 0 Å². The van der Waals surface area contributed by atoms with E-state index in [0.29, 0.717) is 11.0 Å². The maximum atomic E-state index is 12.8. The Bertz CT molecular complexity index is 1020. The average molecular weight is 355 g/mol. The normalized spacial score (nSPS) is 11.2. The van der Waals surface area contributed by atoms with Crippen LogP contribution in [-0.4, -0.2) is 14.1 Å². The third-order valence-electron chi connectivity index (χ3n) is 4.24. The van der Waals surface area contributed by atoms with Crippen LogP contribution in [0, 0.1) is 0 Å². The maximum absolute atomic E-state index is 12.8. The Morgan fingerprint density at radius 3 is 2.48 bits per heavy atom. The molecule has 0 N–H and O–H groups in total. The molecule has 0 aliphatic carbocycles. The van der Waals surface area contributed by atoms with Gasteiger partial charge in [0.05, 0.1) is 5.39 Å². The minimum Gasteiger partial charge on any atom is -0.280 e. The summed E-state index contributed by atoms with van der Waals surface area (Å²) in [6.07, 6.45) is 3.63. The fourth-order valence-electron chi connectivity index (χ4n) is 2.88. The van der Waals surface area contributed by atoms with Crippen LogP contribution in [0.15, 0.2) is 51.0 Å². The van der Waals surface area contributed by atoms with Crippen LogP contribution in [0.5, 0.6) is 0 Å². The molecule has 3 aromatic rings. The number of nitrogens with zero attached hydrogens (tertiary/aromatic N) is 3. The number of fused-ring (bicyclic) bond motifs is 1. The molecule has 0 fully saturated rings. The maximum Gasteiger partial charge on any atom is 0.332 e. The van der Waals surface area contributed by atoms with E-state index in [1.165, 1.54) is 17.2 Å². The minimum atomic E-state index is -0.354. The van der Waals surface area contributed by atoms with E-state index in [2.05, 4.69) is 24.0 Å². The summed E-state index contributed by atoms with van der Waals surface area (Å²) in [5.74, 6) is 0.767. The van der Waals surface area contributed by atoms with E-state index in [9.17, 15) is 9.59 Å². The predicted molar refractivity (Wildman–Crippen MR) is 102 cm³/mol. The molecule has 0 spiro atoms. The largest absolute Gasteiger partial charge is 0.332 e. The molecule has 0 saturated heterocycles. The summed E-state index contributed by atoms with van der Waals surface area (Å²) in [5.41, 5.74) is 2.07. The highest BCUT2D eigenvalue weighted by atomic mass is 32.2. The number of hydrogen-bond acceptors (Lipinski definition) is 4. The van der Waals surface area contributed by atoms with Gasteiger partial charge in [-0.2, -0.15) is 0 Å². The van der Waals surface area contributed by atoms with Gasteiger partial charge in [0, 0.05) is 30.9 Å². The average Bonchev–Trinajstić information content (AvgIpc) is 2.64. The molecule has 2 aromatic heterocycles. The zero-order valence-corrected chi connectivity index (χ0v) is 15.5. The molecule has 5 nitrogen and oxygen atoms in total. The van der Waals surface area contributed by atoms with Crippen molar-refractivity contribution in [3.05, 3.63) is 68.5 Å². The molecule has 2 heterocycles. The molecule has 0 radical (unpaired) electrons. The van der Waals surface area contributed by atoms with Gasteiger partial charge in [-0.15, -0.1) is 11.8 Å². The van der Waals surface area contributed by atoms with E-state index in [-0.39, 0.29) is 11.2 Å². The van der Waals surface area contributed by atoms with Gasteiger partial charge in [0.25, 0.3) is 5.56 Å². The van der Waals surface area contributed by atoms with Crippen molar-refractivity contribution in [1.29, 1.82) is 0 Å². The second-order valence-corrected chi connectivity index (χ2v) is 7.03. The van der Waals surface area contributed by atoms with Crippen LogP contribution in [0.4, 0.5) is 0 Å². The Morgan fingerprint density at radius 1 is 1.08 bits per heavy atom. The molecule has 0 amide bonds. The Morgan fingerprint density at radius 2 is 1.80 bits per heavy atom. The number of hydrogen-bond donors (Lipinski definition) is 0. The van der Waals surface area contributed by atoms with Gasteiger partial charge in [0.1, 0.15) is 5.65 Å². The quantitative estimate of drug-likeness (QED) is 0.661. The van der Waals surface area contributed by atoms with Gasteiger partial charge in [0.15, 0.2) is 0 Å². The molecule has 0 bridgehead atoms. The molecule has 130 valence electrons. The molecule has 3 rings (SSSR count). The number of pyridine rings is 1.